The minimum absolute atomic E-state index is 0.241. The van der Waals surface area contributed by atoms with E-state index in [1.165, 1.54) is 5.56 Å². The smallest absolute Gasteiger partial charge is 0.270 e. The molecule has 0 saturated heterocycles. The highest BCUT2D eigenvalue weighted by Crippen LogP contribution is 2.30. The molecule has 0 bridgehead atoms. The predicted molar refractivity (Wildman–Crippen MR) is 91.5 cm³/mol. The second-order valence-corrected chi connectivity index (χ2v) is 6.22. The van der Waals surface area contributed by atoms with E-state index in [2.05, 4.69) is 26.0 Å². The molecule has 0 spiro atoms. The average Bonchev–Trinajstić information content (AvgIpc) is 3.22. The van der Waals surface area contributed by atoms with E-state index in [-0.39, 0.29) is 5.91 Å². The summed E-state index contributed by atoms with van der Waals surface area (Å²) in [7, 11) is 0. The third-order valence-electron chi connectivity index (χ3n) is 3.83. The summed E-state index contributed by atoms with van der Waals surface area (Å²) in [6.07, 6.45) is 0.914. The monoisotopic (exact) mass is 338 g/mol. The third-order valence-corrected chi connectivity index (χ3v) is 4.66. The SMILES string of the molecule is Cc1nnsc1C(=O)Nc1cccc(-c2ccc3c(c2)CCO3)n1. The second-order valence-electron chi connectivity index (χ2n) is 5.47. The van der Waals surface area contributed by atoms with E-state index < -0.39 is 0 Å². The maximum absolute atomic E-state index is 12.3. The van der Waals surface area contributed by atoms with Gasteiger partial charge in [0.25, 0.3) is 5.91 Å². The largest absolute Gasteiger partial charge is 0.493 e. The molecular formula is C17H14N4O2S. The van der Waals surface area contributed by atoms with Crippen molar-refractivity contribution in [3.05, 3.63) is 52.5 Å². The molecule has 0 saturated carbocycles. The molecule has 4 rings (SSSR count). The summed E-state index contributed by atoms with van der Waals surface area (Å²) >= 11 is 1.08. The van der Waals surface area contributed by atoms with Crippen molar-refractivity contribution < 1.29 is 9.53 Å². The van der Waals surface area contributed by atoms with Crippen molar-refractivity contribution >= 4 is 23.3 Å². The lowest BCUT2D eigenvalue weighted by molar-refractivity contribution is 0.102. The first-order valence-electron chi connectivity index (χ1n) is 7.54. The van der Waals surface area contributed by atoms with Gasteiger partial charge in [-0.3, -0.25) is 4.79 Å². The Hall–Kier alpha value is -2.80. The molecular weight excluding hydrogens is 324 g/mol. The molecule has 3 aromatic rings. The van der Waals surface area contributed by atoms with E-state index in [0.29, 0.717) is 16.4 Å². The standard InChI is InChI=1S/C17H14N4O2S/c1-10-16(24-21-20-10)17(22)19-15-4-2-3-13(18-15)11-5-6-14-12(9-11)7-8-23-14/h2-6,9H,7-8H2,1H3,(H,18,19,22). The van der Waals surface area contributed by atoms with Gasteiger partial charge in [-0.25, -0.2) is 4.98 Å². The number of carbonyl (C=O) groups excluding carboxylic acids is 1. The number of rotatable bonds is 3. The number of aromatic nitrogens is 3. The van der Waals surface area contributed by atoms with Crippen molar-refractivity contribution in [1.29, 1.82) is 0 Å². The number of fused-ring (bicyclic) bond motifs is 1. The number of pyridine rings is 1. The summed E-state index contributed by atoms with van der Waals surface area (Å²) in [5.74, 6) is 1.20. The quantitative estimate of drug-likeness (QED) is 0.794. The van der Waals surface area contributed by atoms with Gasteiger partial charge in [-0.2, -0.15) is 0 Å². The first-order valence-corrected chi connectivity index (χ1v) is 8.31. The van der Waals surface area contributed by atoms with Crippen LogP contribution in [0.15, 0.2) is 36.4 Å². The van der Waals surface area contributed by atoms with Gasteiger partial charge in [0.2, 0.25) is 0 Å². The topological polar surface area (TPSA) is 77.0 Å². The molecule has 2 aromatic heterocycles. The van der Waals surface area contributed by atoms with E-state index in [1.807, 2.05) is 24.3 Å². The number of hydrogen-bond donors (Lipinski definition) is 1. The summed E-state index contributed by atoms with van der Waals surface area (Å²) < 4.78 is 9.31. The molecule has 7 heteroatoms. The Labute approximate surface area is 142 Å². The number of benzene rings is 1. The number of ether oxygens (including phenoxy) is 1. The molecule has 120 valence electrons. The van der Waals surface area contributed by atoms with Gasteiger partial charge in [0.05, 0.1) is 18.0 Å². The van der Waals surface area contributed by atoms with Crippen LogP contribution in [0.2, 0.25) is 0 Å². The molecule has 1 aliphatic rings. The zero-order valence-electron chi connectivity index (χ0n) is 12.9. The van der Waals surface area contributed by atoms with Crippen molar-refractivity contribution in [1.82, 2.24) is 14.6 Å². The summed E-state index contributed by atoms with van der Waals surface area (Å²) in [4.78, 5) is 17.3. The number of anilines is 1. The van der Waals surface area contributed by atoms with Gasteiger partial charge in [-0.1, -0.05) is 10.6 Å². The zero-order chi connectivity index (χ0) is 16.5. The van der Waals surface area contributed by atoms with Crippen molar-refractivity contribution in [2.75, 3.05) is 11.9 Å². The van der Waals surface area contributed by atoms with E-state index in [1.54, 1.807) is 13.0 Å². The summed E-state index contributed by atoms with van der Waals surface area (Å²) in [5.41, 5.74) is 3.62. The van der Waals surface area contributed by atoms with Crippen LogP contribution in [0.3, 0.4) is 0 Å². The summed E-state index contributed by atoms with van der Waals surface area (Å²) in [5, 5.41) is 6.66. The van der Waals surface area contributed by atoms with E-state index in [4.69, 9.17) is 4.74 Å². The molecule has 6 nitrogen and oxygen atoms in total. The van der Waals surface area contributed by atoms with E-state index in [9.17, 15) is 4.79 Å². The molecule has 24 heavy (non-hydrogen) atoms. The van der Waals surface area contributed by atoms with Gasteiger partial charge < -0.3 is 10.1 Å². The number of carbonyl (C=O) groups is 1. The number of nitrogens with zero attached hydrogens (tertiary/aromatic N) is 3. The van der Waals surface area contributed by atoms with Crippen molar-refractivity contribution in [3.63, 3.8) is 0 Å². The second kappa shape index (κ2) is 6.01. The molecule has 1 aliphatic heterocycles. The predicted octanol–water partition coefficient (Wildman–Crippen LogP) is 3.10. The highest BCUT2D eigenvalue weighted by atomic mass is 32.1. The molecule has 1 aromatic carbocycles. The Morgan fingerprint density at radius 2 is 2.21 bits per heavy atom. The average molecular weight is 338 g/mol. The maximum atomic E-state index is 12.3. The van der Waals surface area contributed by atoms with E-state index >= 15 is 0 Å². The van der Waals surface area contributed by atoms with Crippen molar-refractivity contribution in [2.24, 2.45) is 0 Å². The van der Waals surface area contributed by atoms with Crippen LogP contribution in [-0.4, -0.2) is 27.1 Å². The van der Waals surface area contributed by atoms with Crippen LogP contribution in [0.5, 0.6) is 5.75 Å². The number of nitrogens with one attached hydrogen (secondary N) is 1. The Kier molecular flexibility index (Phi) is 3.70. The Morgan fingerprint density at radius 1 is 1.29 bits per heavy atom. The highest BCUT2D eigenvalue weighted by Gasteiger charge is 2.15. The fourth-order valence-electron chi connectivity index (χ4n) is 2.62. The van der Waals surface area contributed by atoms with Crippen LogP contribution in [-0.2, 0) is 6.42 Å². The first kappa shape index (κ1) is 14.8. The van der Waals surface area contributed by atoms with E-state index in [0.717, 1.165) is 41.6 Å². The summed E-state index contributed by atoms with van der Waals surface area (Å²) in [6.45, 7) is 2.49. The van der Waals surface area contributed by atoms with Crippen LogP contribution < -0.4 is 10.1 Å². The fraction of sp³-hybridized carbons (Fsp3) is 0.176. The number of hydrogen-bond acceptors (Lipinski definition) is 6. The minimum Gasteiger partial charge on any atom is -0.493 e. The molecule has 1 amide bonds. The number of amides is 1. The van der Waals surface area contributed by atoms with Crippen LogP contribution >= 0.6 is 11.5 Å². The fourth-order valence-corrected chi connectivity index (χ4v) is 3.18. The molecule has 3 heterocycles. The highest BCUT2D eigenvalue weighted by molar-refractivity contribution is 7.08. The Bertz CT molecular complexity index is 922. The van der Waals surface area contributed by atoms with Crippen LogP contribution in [0, 0.1) is 6.92 Å². The molecule has 0 fully saturated rings. The Morgan fingerprint density at radius 3 is 3.04 bits per heavy atom. The summed E-state index contributed by atoms with van der Waals surface area (Å²) in [6, 6.07) is 11.6. The van der Waals surface area contributed by atoms with Gasteiger partial charge in [-0.15, -0.1) is 5.10 Å². The van der Waals surface area contributed by atoms with Crippen molar-refractivity contribution in [3.8, 4) is 17.0 Å². The third kappa shape index (κ3) is 2.74. The van der Waals surface area contributed by atoms with Gasteiger partial charge in [0.1, 0.15) is 16.4 Å². The molecule has 0 radical (unpaired) electrons. The Balaban J connectivity index is 1.60. The number of aryl methyl sites for hydroxylation is 1. The molecule has 1 N–H and O–H groups in total. The lowest BCUT2D eigenvalue weighted by Crippen LogP contribution is -2.12. The molecule has 0 unspecified atom stereocenters. The van der Waals surface area contributed by atoms with Gasteiger partial charge in [0.15, 0.2) is 0 Å². The normalized spacial score (nSPS) is 12.5. The first-order chi connectivity index (χ1) is 11.7. The van der Waals surface area contributed by atoms with Gasteiger partial charge in [0, 0.05) is 12.0 Å². The van der Waals surface area contributed by atoms with Crippen LogP contribution in [0.25, 0.3) is 11.3 Å². The van der Waals surface area contributed by atoms with Crippen molar-refractivity contribution in [2.45, 2.75) is 13.3 Å². The zero-order valence-corrected chi connectivity index (χ0v) is 13.8. The van der Waals surface area contributed by atoms with Crippen LogP contribution in [0.1, 0.15) is 20.9 Å². The minimum atomic E-state index is -0.241. The lowest BCUT2D eigenvalue weighted by Gasteiger charge is -2.07. The lowest BCUT2D eigenvalue weighted by atomic mass is 10.1. The molecule has 0 atom stereocenters. The van der Waals surface area contributed by atoms with Gasteiger partial charge >= 0.3 is 0 Å². The molecule has 0 aliphatic carbocycles. The van der Waals surface area contributed by atoms with Gasteiger partial charge in [-0.05, 0) is 54.4 Å². The van der Waals surface area contributed by atoms with Crippen LogP contribution in [0.4, 0.5) is 5.82 Å². The maximum Gasteiger partial charge on any atom is 0.270 e.